The number of anilines is 1. The summed E-state index contributed by atoms with van der Waals surface area (Å²) in [4.78, 5) is 18.0. The lowest BCUT2D eigenvalue weighted by Gasteiger charge is -2.16. The summed E-state index contributed by atoms with van der Waals surface area (Å²) in [6, 6.07) is 16.2. The van der Waals surface area contributed by atoms with Crippen LogP contribution in [0.2, 0.25) is 0 Å². The Kier molecular flexibility index (Phi) is 7.50. The third-order valence-electron chi connectivity index (χ3n) is 4.84. The monoisotopic (exact) mass is 394 g/mol. The number of ether oxygens (including phenoxy) is 1. The van der Waals surface area contributed by atoms with E-state index in [4.69, 9.17) is 4.74 Å². The number of hydrogen-bond donors (Lipinski definition) is 2. The van der Waals surface area contributed by atoms with Crippen LogP contribution < -0.4 is 20.3 Å². The van der Waals surface area contributed by atoms with Crippen LogP contribution in [0.3, 0.4) is 0 Å². The molecule has 0 saturated carbocycles. The zero-order valence-corrected chi connectivity index (χ0v) is 17.3. The van der Waals surface area contributed by atoms with Gasteiger partial charge in [-0.15, -0.1) is 0 Å². The third-order valence-corrected chi connectivity index (χ3v) is 4.84. The molecule has 1 aliphatic rings. The molecule has 1 heterocycles. The number of aliphatic imine (C=N–C) groups is 1. The Balaban J connectivity index is 1.48. The average molecular weight is 395 g/mol. The van der Waals surface area contributed by atoms with E-state index in [1.807, 2.05) is 35.2 Å². The highest BCUT2D eigenvalue weighted by atomic mass is 16.5. The van der Waals surface area contributed by atoms with Crippen LogP contribution in [0.5, 0.6) is 5.75 Å². The molecule has 1 amide bonds. The predicted molar refractivity (Wildman–Crippen MR) is 117 cm³/mol. The van der Waals surface area contributed by atoms with Crippen LogP contribution in [-0.2, 0) is 17.9 Å². The summed E-state index contributed by atoms with van der Waals surface area (Å²) in [5, 5.41) is 6.66. The number of hydrogen-bond acceptors (Lipinski definition) is 3. The number of benzene rings is 2. The van der Waals surface area contributed by atoms with E-state index in [0.29, 0.717) is 19.5 Å². The van der Waals surface area contributed by atoms with Crippen molar-refractivity contribution in [2.45, 2.75) is 39.3 Å². The summed E-state index contributed by atoms with van der Waals surface area (Å²) in [6.07, 6.45) is 2.59. The van der Waals surface area contributed by atoms with Crippen LogP contribution in [0.4, 0.5) is 5.69 Å². The van der Waals surface area contributed by atoms with Crippen LogP contribution in [0, 0.1) is 0 Å². The summed E-state index contributed by atoms with van der Waals surface area (Å²) in [5.41, 5.74) is 3.25. The van der Waals surface area contributed by atoms with E-state index in [9.17, 15) is 4.79 Å². The molecule has 1 fully saturated rings. The Labute approximate surface area is 173 Å². The lowest BCUT2D eigenvalue weighted by molar-refractivity contribution is -0.117. The van der Waals surface area contributed by atoms with E-state index in [1.165, 1.54) is 0 Å². The van der Waals surface area contributed by atoms with Gasteiger partial charge in [-0.25, -0.2) is 0 Å². The molecule has 0 atom stereocenters. The number of amides is 1. The van der Waals surface area contributed by atoms with Crippen LogP contribution in [-0.4, -0.2) is 32.1 Å². The fraction of sp³-hybridized carbons (Fsp3) is 0.391. The molecular weight excluding hydrogens is 364 g/mol. The maximum absolute atomic E-state index is 11.9. The van der Waals surface area contributed by atoms with Crippen molar-refractivity contribution in [1.82, 2.24) is 10.6 Å². The van der Waals surface area contributed by atoms with Crippen molar-refractivity contribution in [3.63, 3.8) is 0 Å². The van der Waals surface area contributed by atoms with Crippen molar-refractivity contribution in [3.8, 4) is 5.75 Å². The van der Waals surface area contributed by atoms with Gasteiger partial charge in [-0.05, 0) is 48.2 Å². The first kappa shape index (κ1) is 20.7. The van der Waals surface area contributed by atoms with Gasteiger partial charge in [0.2, 0.25) is 5.91 Å². The number of guanidine groups is 1. The van der Waals surface area contributed by atoms with Gasteiger partial charge >= 0.3 is 0 Å². The number of carbonyl (C=O) groups is 1. The Hall–Kier alpha value is -3.02. The summed E-state index contributed by atoms with van der Waals surface area (Å²) >= 11 is 0. The first-order valence-corrected chi connectivity index (χ1v) is 10.2. The molecule has 6 heteroatoms. The van der Waals surface area contributed by atoms with E-state index >= 15 is 0 Å². The van der Waals surface area contributed by atoms with Crippen molar-refractivity contribution in [2.24, 2.45) is 4.99 Å². The maximum Gasteiger partial charge on any atom is 0.227 e. The summed E-state index contributed by atoms with van der Waals surface area (Å²) in [6.45, 7) is 4.97. The van der Waals surface area contributed by atoms with E-state index in [2.05, 4.69) is 40.7 Å². The highest BCUT2D eigenvalue weighted by Gasteiger charge is 2.21. The molecule has 0 aliphatic carbocycles. The second-order valence-electron chi connectivity index (χ2n) is 7.09. The summed E-state index contributed by atoms with van der Waals surface area (Å²) in [7, 11) is 1.76. The Bertz CT molecular complexity index is 833. The van der Waals surface area contributed by atoms with E-state index in [-0.39, 0.29) is 5.91 Å². The minimum Gasteiger partial charge on any atom is -0.494 e. The Morgan fingerprint density at radius 1 is 1.10 bits per heavy atom. The second-order valence-corrected chi connectivity index (χ2v) is 7.09. The first-order chi connectivity index (χ1) is 14.2. The van der Waals surface area contributed by atoms with Crippen LogP contribution in [0.15, 0.2) is 53.5 Å². The molecule has 0 radical (unpaired) electrons. The number of nitrogens with one attached hydrogen (secondary N) is 2. The van der Waals surface area contributed by atoms with E-state index in [1.54, 1.807) is 7.05 Å². The van der Waals surface area contributed by atoms with Crippen molar-refractivity contribution < 1.29 is 9.53 Å². The predicted octanol–water partition coefficient (Wildman–Crippen LogP) is 3.47. The molecule has 154 valence electrons. The van der Waals surface area contributed by atoms with Gasteiger partial charge in [0.1, 0.15) is 5.75 Å². The molecule has 6 nitrogen and oxygen atoms in total. The van der Waals surface area contributed by atoms with Gasteiger partial charge in [0.05, 0.1) is 6.61 Å². The highest BCUT2D eigenvalue weighted by Crippen LogP contribution is 2.21. The second kappa shape index (κ2) is 10.5. The minimum atomic E-state index is 0.213. The molecular formula is C23H30N4O2. The molecule has 29 heavy (non-hydrogen) atoms. The fourth-order valence-electron chi connectivity index (χ4n) is 3.27. The molecule has 3 rings (SSSR count). The highest BCUT2D eigenvalue weighted by molar-refractivity contribution is 5.95. The standard InChI is InChI=1S/C23H30N4O2/c1-3-14-29-21-7-4-6-19(15-21)17-26-23(24-2)25-16-18-9-11-20(12-10-18)27-13-5-8-22(27)28/h4,6-7,9-12,15H,3,5,8,13-14,16-17H2,1-2H3,(H2,24,25,26). The molecule has 0 aromatic heterocycles. The van der Waals surface area contributed by atoms with Crippen molar-refractivity contribution in [3.05, 3.63) is 59.7 Å². The average Bonchev–Trinajstić information content (AvgIpc) is 3.19. The number of rotatable bonds is 8. The van der Waals surface area contributed by atoms with Gasteiger partial charge in [0, 0.05) is 38.8 Å². The third kappa shape index (κ3) is 5.98. The molecule has 1 aliphatic heterocycles. The first-order valence-electron chi connectivity index (χ1n) is 10.2. The van der Waals surface area contributed by atoms with Crippen LogP contribution >= 0.6 is 0 Å². The minimum absolute atomic E-state index is 0.213. The van der Waals surface area contributed by atoms with Gasteiger partial charge in [-0.2, -0.15) is 0 Å². The molecule has 2 N–H and O–H groups in total. The fourth-order valence-corrected chi connectivity index (χ4v) is 3.27. The molecule has 2 aromatic rings. The normalized spacial score (nSPS) is 14.2. The zero-order chi connectivity index (χ0) is 20.5. The van der Waals surface area contributed by atoms with Gasteiger partial charge in [-0.3, -0.25) is 9.79 Å². The van der Waals surface area contributed by atoms with Crippen LogP contribution in [0.25, 0.3) is 0 Å². The van der Waals surface area contributed by atoms with Crippen LogP contribution in [0.1, 0.15) is 37.3 Å². The quantitative estimate of drug-likeness (QED) is 0.532. The maximum atomic E-state index is 11.9. The Morgan fingerprint density at radius 3 is 2.52 bits per heavy atom. The van der Waals surface area contributed by atoms with Gasteiger partial charge in [-0.1, -0.05) is 31.2 Å². The topological polar surface area (TPSA) is 66.0 Å². The van der Waals surface area contributed by atoms with Gasteiger partial charge in [0.25, 0.3) is 0 Å². The van der Waals surface area contributed by atoms with Crippen molar-refractivity contribution in [1.29, 1.82) is 0 Å². The smallest absolute Gasteiger partial charge is 0.227 e. The Morgan fingerprint density at radius 2 is 1.86 bits per heavy atom. The van der Waals surface area contributed by atoms with Crippen molar-refractivity contribution >= 4 is 17.6 Å². The van der Waals surface area contributed by atoms with Gasteiger partial charge in [0.15, 0.2) is 5.96 Å². The molecule has 2 aromatic carbocycles. The molecule has 1 saturated heterocycles. The van der Waals surface area contributed by atoms with Gasteiger partial charge < -0.3 is 20.3 Å². The lowest BCUT2D eigenvalue weighted by atomic mass is 10.2. The van der Waals surface area contributed by atoms with E-state index < -0.39 is 0 Å². The molecule has 0 spiro atoms. The number of nitrogens with zero attached hydrogens (tertiary/aromatic N) is 2. The molecule has 0 unspecified atom stereocenters. The molecule has 0 bridgehead atoms. The largest absolute Gasteiger partial charge is 0.494 e. The van der Waals surface area contributed by atoms with E-state index in [0.717, 1.165) is 54.5 Å². The summed E-state index contributed by atoms with van der Waals surface area (Å²) in [5.74, 6) is 1.85. The SMILES string of the molecule is CCCOc1cccc(CNC(=NC)NCc2ccc(N3CCCC3=O)cc2)c1. The lowest BCUT2D eigenvalue weighted by Crippen LogP contribution is -2.36. The summed E-state index contributed by atoms with van der Waals surface area (Å²) < 4.78 is 5.69. The zero-order valence-electron chi connectivity index (χ0n) is 17.3. The van der Waals surface area contributed by atoms with Crippen molar-refractivity contribution in [2.75, 3.05) is 25.1 Å². The number of carbonyl (C=O) groups excluding carboxylic acids is 1.